The molecule has 2 N–H and O–H groups in total. The number of aromatic nitrogens is 2. The van der Waals surface area contributed by atoms with Crippen LogP contribution in [0.15, 0.2) is 24.3 Å². The van der Waals surface area contributed by atoms with Crippen LogP contribution in [0.2, 0.25) is 0 Å². The van der Waals surface area contributed by atoms with Crippen molar-refractivity contribution < 1.29 is 4.39 Å². The van der Waals surface area contributed by atoms with Crippen LogP contribution in [-0.4, -0.2) is 16.5 Å². The molecule has 0 fully saturated rings. The van der Waals surface area contributed by atoms with E-state index >= 15 is 0 Å². The van der Waals surface area contributed by atoms with Crippen LogP contribution in [0.25, 0.3) is 0 Å². The summed E-state index contributed by atoms with van der Waals surface area (Å²) in [5.41, 5.74) is 0.743. The fourth-order valence-corrected chi connectivity index (χ4v) is 1.83. The van der Waals surface area contributed by atoms with Crippen LogP contribution < -0.4 is 10.6 Å². The van der Waals surface area contributed by atoms with Crippen LogP contribution in [0.3, 0.4) is 0 Å². The van der Waals surface area contributed by atoms with Gasteiger partial charge in [0.25, 0.3) is 0 Å². The molecular weight excluding hydrogens is 269 g/mol. The molecule has 108 valence electrons. The molecular formula is C15H16FN5. The number of anilines is 3. The van der Waals surface area contributed by atoms with Crippen LogP contribution in [-0.2, 0) is 0 Å². The van der Waals surface area contributed by atoms with E-state index in [1.54, 1.807) is 13.0 Å². The lowest BCUT2D eigenvalue weighted by Crippen LogP contribution is -2.06. The van der Waals surface area contributed by atoms with Gasteiger partial charge < -0.3 is 10.6 Å². The molecule has 0 saturated heterocycles. The summed E-state index contributed by atoms with van der Waals surface area (Å²) in [4.78, 5) is 8.55. The molecule has 0 atom stereocenters. The number of nitrogens with zero attached hydrogens (tertiary/aromatic N) is 3. The summed E-state index contributed by atoms with van der Waals surface area (Å²) in [7, 11) is 0. The Morgan fingerprint density at radius 3 is 2.71 bits per heavy atom. The minimum atomic E-state index is -0.443. The Hall–Kier alpha value is -2.68. The first-order chi connectivity index (χ1) is 10.1. The maximum Gasteiger partial charge on any atom is 0.136 e. The van der Waals surface area contributed by atoms with E-state index in [4.69, 9.17) is 5.26 Å². The van der Waals surface area contributed by atoms with Crippen LogP contribution >= 0.6 is 0 Å². The summed E-state index contributed by atoms with van der Waals surface area (Å²) in [6.07, 6.45) is 0.988. The predicted octanol–water partition coefficient (Wildman–Crippen LogP) is 3.36. The zero-order valence-corrected chi connectivity index (χ0v) is 11.9. The number of nitriles is 1. The fraction of sp³-hybridized carbons (Fsp3) is 0.267. The van der Waals surface area contributed by atoms with Gasteiger partial charge in [-0.25, -0.2) is 14.4 Å². The van der Waals surface area contributed by atoms with Gasteiger partial charge in [-0.3, -0.25) is 0 Å². The van der Waals surface area contributed by atoms with Gasteiger partial charge in [0.05, 0.1) is 11.3 Å². The molecule has 21 heavy (non-hydrogen) atoms. The van der Waals surface area contributed by atoms with Crippen molar-refractivity contribution in [2.75, 3.05) is 17.2 Å². The molecule has 0 amide bonds. The molecule has 0 saturated carbocycles. The summed E-state index contributed by atoms with van der Waals surface area (Å²) < 4.78 is 13.1. The van der Waals surface area contributed by atoms with Gasteiger partial charge in [-0.2, -0.15) is 5.26 Å². The molecule has 1 aromatic heterocycles. The van der Waals surface area contributed by atoms with Gasteiger partial charge in [0, 0.05) is 12.6 Å². The molecule has 0 aliphatic carbocycles. The third-order valence-electron chi connectivity index (χ3n) is 2.76. The SMILES string of the molecule is CCCNc1cc(Nc2ccc(F)cc2C#N)nc(C)n1. The molecule has 0 aliphatic heterocycles. The van der Waals surface area contributed by atoms with Gasteiger partial charge in [-0.05, 0) is 31.5 Å². The monoisotopic (exact) mass is 285 g/mol. The third kappa shape index (κ3) is 3.89. The standard InChI is InChI=1S/C15H16FN5/c1-3-6-18-14-8-15(20-10(2)19-14)21-13-5-4-12(16)7-11(13)9-17/h4-5,7-8H,3,6H2,1-2H3,(H2,18,19,20,21). The van der Waals surface area contributed by atoms with Gasteiger partial charge in [0.2, 0.25) is 0 Å². The Bertz CT molecular complexity index is 678. The smallest absolute Gasteiger partial charge is 0.136 e. The zero-order valence-electron chi connectivity index (χ0n) is 11.9. The highest BCUT2D eigenvalue weighted by molar-refractivity contribution is 5.65. The maximum absolute atomic E-state index is 13.1. The van der Waals surface area contributed by atoms with Crippen molar-refractivity contribution >= 4 is 17.3 Å². The van der Waals surface area contributed by atoms with E-state index in [1.807, 2.05) is 6.07 Å². The van der Waals surface area contributed by atoms with Crippen LogP contribution in [0.5, 0.6) is 0 Å². The highest BCUT2D eigenvalue weighted by atomic mass is 19.1. The van der Waals surface area contributed by atoms with Crippen molar-refractivity contribution in [3.63, 3.8) is 0 Å². The minimum absolute atomic E-state index is 0.231. The lowest BCUT2D eigenvalue weighted by molar-refractivity contribution is 0.627. The van der Waals surface area contributed by atoms with Crippen LogP contribution in [0.4, 0.5) is 21.7 Å². The molecule has 0 unspecified atom stereocenters. The lowest BCUT2D eigenvalue weighted by atomic mass is 10.2. The van der Waals surface area contributed by atoms with E-state index in [2.05, 4.69) is 27.5 Å². The van der Waals surface area contributed by atoms with E-state index in [-0.39, 0.29) is 5.56 Å². The van der Waals surface area contributed by atoms with Crippen LogP contribution in [0, 0.1) is 24.1 Å². The summed E-state index contributed by atoms with van der Waals surface area (Å²) in [5.74, 6) is 1.44. The summed E-state index contributed by atoms with van der Waals surface area (Å²) >= 11 is 0. The molecule has 6 heteroatoms. The van der Waals surface area contributed by atoms with Gasteiger partial charge in [0.15, 0.2) is 0 Å². The average molecular weight is 285 g/mol. The first-order valence-corrected chi connectivity index (χ1v) is 6.68. The molecule has 0 radical (unpaired) electrons. The van der Waals surface area contributed by atoms with Crippen molar-refractivity contribution in [1.82, 2.24) is 9.97 Å². The first-order valence-electron chi connectivity index (χ1n) is 6.68. The molecule has 0 bridgehead atoms. The molecule has 5 nitrogen and oxygen atoms in total. The largest absolute Gasteiger partial charge is 0.370 e. The number of hydrogen-bond acceptors (Lipinski definition) is 5. The maximum atomic E-state index is 13.1. The molecule has 0 aliphatic rings. The minimum Gasteiger partial charge on any atom is -0.370 e. The van der Waals surface area contributed by atoms with Crippen molar-refractivity contribution in [1.29, 1.82) is 5.26 Å². The Morgan fingerprint density at radius 2 is 2.00 bits per heavy atom. The number of rotatable bonds is 5. The Balaban J connectivity index is 2.27. The van der Waals surface area contributed by atoms with E-state index in [9.17, 15) is 4.39 Å². The van der Waals surface area contributed by atoms with E-state index in [1.165, 1.54) is 18.2 Å². The van der Waals surface area contributed by atoms with Gasteiger partial charge >= 0.3 is 0 Å². The summed E-state index contributed by atoms with van der Waals surface area (Å²) in [6.45, 7) is 4.67. The Morgan fingerprint density at radius 1 is 1.24 bits per heavy atom. The van der Waals surface area contributed by atoms with Crippen molar-refractivity contribution in [3.05, 3.63) is 41.5 Å². The van der Waals surface area contributed by atoms with E-state index < -0.39 is 5.82 Å². The van der Waals surface area contributed by atoms with Gasteiger partial charge in [-0.1, -0.05) is 6.92 Å². The highest BCUT2D eigenvalue weighted by Crippen LogP contribution is 2.21. The van der Waals surface area contributed by atoms with Crippen LogP contribution in [0.1, 0.15) is 24.7 Å². The first kappa shape index (κ1) is 14.7. The second-order valence-corrected chi connectivity index (χ2v) is 4.54. The molecule has 1 heterocycles. The summed E-state index contributed by atoms with van der Waals surface area (Å²) in [6, 6.07) is 7.72. The average Bonchev–Trinajstić information content (AvgIpc) is 2.46. The second-order valence-electron chi connectivity index (χ2n) is 4.54. The van der Waals surface area contributed by atoms with Crippen molar-refractivity contribution in [3.8, 4) is 6.07 Å². The zero-order chi connectivity index (χ0) is 15.2. The van der Waals surface area contributed by atoms with E-state index in [0.29, 0.717) is 23.1 Å². The molecule has 2 rings (SSSR count). The fourth-order valence-electron chi connectivity index (χ4n) is 1.83. The van der Waals surface area contributed by atoms with E-state index in [0.717, 1.165) is 13.0 Å². The topological polar surface area (TPSA) is 73.6 Å². The second kappa shape index (κ2) is 6.66. The van der Waals surface area contributed by atoms with Crippen molar-refractivity contribution in [2.24, 2.45) is 0 Å². The molecule has 0 spiro atoms. The predicted molar refractivity (Wildman–Crippen MR) is 79.9 cm³/mol. The number of halogens is 1. The number of benzene rings is 1. The normalized spacial score (nSPS) is 10.0. The quantitative estimate of drug-likeness (QED) is 0.881. The molecule has 1 aromatic carbocycles. The number of aryl methyl sites for hydroxylation is 1. The summed E-state index contributed by atoms with van der Waals surface area (Å²) in [5, 5.41) is 15.3. The highest BCUT2D eigenvalue weighted by Gasteiger charge is 2.07. The lowest BCUT2D eigenvalue weighted by Gasteiger charge is -2.10. The Labute approximate surface area is 122 Å². The number of hydrogen-bond donors (Lipinski definition) is 2. The molecule has 2 aromatic rings. The van der Waals surface area contributed by atoms with Gasteiger partial charge in [-0.15, -0.1) is 0 Å². The number of nitrogens with one attached hydrogen (secondary N) is 2. The van der Waals surface area contributed by atoms with Crippen molar-refractivity contribution in [2.45, 2.75) is 20.3 Å². The Kier molecular flexibility index (Phi) is 4.67. The van der Waals surface area contributed by atoms with Gasteiger partial charge in [0.1, 0.15) is 29.3 Å². The third-order valence-corrected chi connectivity index (χ3v) is 2.76.